The lowest BCUT2D eigenvalue weighted by Crippen LogP contribution is -2.47. The number of aliphatic hydroxyl groups is 1. The minimum absolute atomic E-state index is 0.144. The number of benzene rings is 1. The topological polar surface area (TPSA) is 97.0 Å². The van der Waals surface area contributed by atoms with Gasteiger partial charge in [-0.25, -0.2) is 0 Å². The number of carbonyl (C=O) groups excluding carboxylic acids is 1. The summed E-state index contributed by atoms with van der Waals surface area (Å²) in [5.74, 6) is 1.73. The highest BCUT2D eigenvalue weighted by molar-refractivity contribution is 5.96. The van der Waals surface area contributed by atoms with Crippen molar-refractivity contribution in [3.8, 4) is 5.75 Å². The summed E-state index contributed by atoms with van der Waals surface area (Å²) in [5, 5.41) is 13.8. The second-order valence-corrected chi connectivity index (χ2v) is 10.2. The van der Waals surface area contributed by atoms with Gasteiger partial charge in [-0.1, -0.05) is 32.9 Å². The standard InChI is InChI=1S/C27H47N3O4/c1-20(2)22(17-24(28)25(31)19-30-13-11-21(3)12-14-30)18-29-27(32)23-9-5-6-10-26(23)34-16-8-7-15-33-4/h5-6,9-10,20-22,24-25,31H,7-8,11-19,28H2,1-4H3,(H,29,32)/t22-,24+,25+/m1/s1. The fourth-order valence-electron chi connectivity index (χ4n) is 4.37. The lowest BCUT2D eigenvalue weighted by atomic mass is 9.87. The number of para-hydroxylation sites is 1. The van der Waals surface area contributed by atoms with Gasteiger partial charge in [-0.3, -0.25) is 4.79 Å². The van der Waals surface area contributed by atoms with Gasteiger partial charge in [0.1, 0.15) is 5.75 Å². The summed E-state index contributed by atoms with van der Waals surface area (Å²) in [6.45, 7) is 11.0. The minimum Gasteiger partial charge on any atom is -0.493 e. The van der Waals surface area contributed by atoms with Crippen LogP contribution >= 0.6 is 0 Å². The van der Waals surface area contributed by atoms with E-state index in [1.807, 2.05) is 18.2 Å². The molecule has 1 aromatic carbocycles. The molecule has 1 fully saturated rings. The van der Waals surface area contributed by atoms with Crippen LogP contribution in [0.15, 0.2) is 24.3 Å². The monoisotopic (exact) mass is 477 g/mol. The largest absolute Gasteiger partial charge is 0.493 e. The zero-order valence-electron chi connectivity index (χ0n) is 21.7. The molecule has 0 radical (unpaired) electrons. The van der Waals surface area contributed by atoms with E-state index >= 15 is 0 Å². The maximum absolute atomic E-state index is 12.9. The average molecular weight is 478 g/mol. The number of rotatable bonds is 15. The molecule has 3 atom stereocenters. The lowest BCUT2D eigenvalue weighted by Gasteiger charge is -2.34. The number of likely N-dealkylation sites (tertiary alicyclic amines) is 1. The Balaban J connectivity index is 1.85. The Morgan fingerprint density at radius 1 is 1.21 bits per heavy atom. The molecule has 0 unspecified atom stereocenters. The third kappa shape index (κ3) is 9.90. The average Bonchev–Trinajstić information content (AvgIpc) is 2.82. The van der Waals surface area contributed by atoms with E-state index in [0.29, 0.717) is 50.0 Å². The van der Waals surface area contributed by atoms with Crippen molar-refractivity contribution >= 4 is 5.91 Å². The third-order valence-corrected chi connectivity index (χ3v) is 6.99. The first-order chi connectivity index (χ1) is 16.3. The molecule has 1 aromatic rings. The lowest BCUT2D eigenvalue weighted by molar-refractivity contribution is 0.0653. The molecule has 1 aliphatic rings. The minimum atomic E-state index is -0.558. The van der Waals surface area contributed by atoms with Gasteiger partial charge >= 0.3 is 0 Å². The summed E-state index contributed by atoms with van der Waals surface area (Å²) in [6, 6.07) is 7.03. The Labute approximate surface area is 206 Å². The quantitative estimate of drug-likeness (QED) is 0.335. The predicted molar refractivity (Wildman–Crippen MR) is 137 cm³/mol. The summed E-state index contributed by atoms with van der Waals surface area (Å²) < 4.78 is 10.9. The van der Waals surface area contributed by atoms with Crippen LogP contribution in [0.3, 0.4) is 0 Å². The molecule has 0 spiro atoms. The molecule has 1 heterocycles. The highest BCUT2D eigenvalue weighted by Gasteiger charge is 2.26. The van der Waals surface area contributed by atoms with Crippen LogP contribution in [-0.2, 0) is 4.74 Å². The van der Waals surface area contributed by atoms with E-state index in [-0.39, 0.29) is 17.9 Å². The van der Waals surface area contributed by atoms with Gasteiger partial charge in [0.05, 0.1) is 18.3 Å². The van der Waals surface area contributed by atoms with Crippen molar-refractivity contribution in [2.45, 2.75) is 65.0 Å². The number of carbonyl (C=O) groups is 1. The highest BCUT2D eigenvalue weighted by Crippen LogP contribution is 2.22. The molecule has 0 bridgehead atoms. The third-order valence-electron chi connectivity index (χ3n) is 6.99. The molecule has 1 aliphatic heterocycles. The number of amides is 1. The van der Waals surface area contributed by atoms with Gasteiger partial charge in [0.2, 0.25) is 0 Å². The highest BCUT2D eigenvalue weighted by atomic mass is 16.5. The fraction of sp³-hybridized carbons (Fsp3) is 0.741. The molecule has 2 rings (SSSR count). The van der Waals surface area contributed by atoms with Crippen LogP contribution in [0.1, 0.15) is 63.2 Å². The molecule has 4 N–H and O–H groups in total. The van der Waals surface area contributed by atoms with Crippen LogP contribution < -0.4 is 15.8 Å². The molecule has 0 saturated carbocycles. The van der Waals surface area contributed by atoms with Crippen molar-refractivity contribution in [3.05, 3.63) is 29.8 Å². The molecule has 1 saturated heterocycles. The van der Waals surface area contributed by atoms with Crippen molar-refractivity contribution in [1.29, 1.82) is 0 Å². The zero-order valence-corrected chi connectivity index (χ0v) is 21.7. The van der Waals surface area contributed by atoms with Crippen molar-refractivity contribution in [3.63, 3.8) is 0 Å². The van der Waals surface area contributed by atoms with Crippen LogP contribution in [0.5, 0.6) is 5.75 Å². The van der Waals surface area contributed by atoms with Crippen LogP contribution in [0, 0.1) is 17.8 Å². The summed E-state index contributed by atoms with van der Waals surface area (Å²) in [6.07, 6.45) is 4.26. The van der Waals surface area contributed by atoms with Crippen molar-refractivity contribution in [2.75, 3.05) is 46.5 Å². The van der Waals surface area contributed by atoms with Gasteiger partial charge in [0.15, 0.2) is 0 Å². The maximum Gasteiger partial charge on any atom is 0.255 e. The van der Waals surface area contributed by atoms with E-state index < -0.39 is 6.10 Å². The van der Waals surface area contributed by atoms with Gasteiger partial charge in [-0.15, -0.1) is 0 Å². The number of aliphatic hydroxyl groups excluding tert-OH is 1. The first-order valence-electron chi connectivity index (χ1n) is 13.0. The Morgan fingerprint density at radius 2 is 1.88 bits per heavy atom. The van der Waals surface area contributed by atoms with Crippen molar-refractivity contribution in [1.82, 2.24) is 10.2 Å². The molecular weight excluding hydrogens is 430 g/mol. The Hall–Kier alpha value is -1.67. The van der Waals surface area contributed by atoms with Crippen LogP contribution in [0.4, 0.5) is 0 Å². The van der Waals surface area contributed by atoms with Crippen molar-refractivity contribution < 1.29 is 19.4 Å². The van der Waals surface area contributed by atoms with E-state index in [4.69, 9.17) is 15.2 Å². The number of ether oxygens (including phenoxy) is 2. The van der Waals surface area contributed by atoms with Crippen molar-refractivity contribution in [2.24, 2.45) is 23.5 Å². The van der Waals surface area contributed by atoms with E-state index in [2.05, 4.69) is 31.0 Å². The molecule has 194 valence electrons. The van der Waals surface area contributed by atoms with Gasteiger partial charge < -0.3 is 30.5 Å². The van der Waals surface area contributed by atoms with E-state index in [0.717, 1.165) is 31.8 Å². The Morgan fingerprint density at radius 3 is 2.56 bits per heavy atom. The number of hydrogen-bond donors (Lipinski definition) is 3. The summed E-state index contributed by atoms with van der Waals surface area (Å²) in [5.41, 5.74) is 6.96. The Bertz CT molecular complexity index is 707. The molecule has 34 heavy (non-hydrogen) atoms. The number of methoxy groups -OCH3 is 1. The smallest absolute Gasteiger partial charge is 0.255 e. The second-order valence-electron chi connectivity index (χ2n) is 10.2. The van der Waals surface area contributed by atoms with Gasteiger partial charge in [0, 0.05) is 32.8 Å². The normalized spacial score (nSPS) is 18.0. The molecule has 7 heteroatoms. The van der Waals surface area contributed by atoms with Gasteiger partial charge in [0.25, 0.3) is 5.91 Å². The van der Waals surface area contributed by atoms with E-state index in [9.17, 15) is 9.90 Å². The first kappa shape index (κ1) is 28.6. The molecule has 0 aliphatic carbocycles. The number of hydrogen-bond acceptors (Lipinski definition) is 6. The number of nitrogens with two attached hydrogens (primary N) is 1. The summed E-state index contributed by atoms with van der Waals surface area (Å²) in [4.78, 5) is 15.3. The van der Waals surface area contributed by atoms with E-state index in [1.165, 1.54) is 12.8 Å². The number of β-amino-alcohol motifs (C(OH)–C–C–N with tert-alkyl or cyclic N) is 1. The summed E-state index contributed by atoms with van der Waals surface area (Å²) >= 11 is 0. The van der Waals surface area contributed by atoms with Crippen LogP contribution in [0.2, 0.25) is 0 Å². The molecular formula is C27H47N3O4. The first-order valence-corrected chi connectivity index (χ1v) is 13.0. The fourth-order valence-corrected chi connectivity index (χ4v) is 4.37. The molecule has 1 amide bonds. The number of nitrogens with one attached hydrogen (secondary N) is 1. The zero-order chi connectivity index (χ0) is 24.9. The molecule has 0 aromatic heterocycles. The SMILES string of the molecule is COCCCCOc1ccccc1C(=O)NC[C@@H](C[C@H](N)[C@@H](O)CN1CCC(C)CC1)C(C)C. The van der Waals surface area contributed by atoms with E-state index in [1.54, 1.807) is 13.2 Å². The number of piperidine rings is 1. The molecule has 7 nitrogen and oxygen atoms in total. The Kier molecular flexibility index (Phi) is 12.9. The summed E-state index contributed by atoms with van der Waals surface area (Å²) in [7, 11) is 1.69. The predicted octanol–water partition coefficient (Wildman–Crippen LogP) is 3.30. The number of unbranched alkanes of at least 4 members (excludes halogenated alkanes) is 1. The van der Waals surface area contributed by atoms with Gasteiger partial charge in [-0.2, -0.15) is 0 Å². The second kappa shape index (κ2) is 15.4. The number of nitrogens with zero attached hydrogens (tertiary/aromatic N) is 1. The van der Waals surface area contributed by atoms with Crippen LogP contribution in [0.25, 0.3) is 0 Å². The maximum atomic E-state index is 12.9. The van der Waals surface area contributed by atoms with Crippen LogP contribution in [-0.4, -0.2) is 74.6 Å². The van der Waals surface area contributed by atoms with Gasteiger partial charge in [-0.05, 0) is 75.1 Å².